The van der Waals surface area contributed by atoms with Crippen LogP contribution < -0.4 is 5.32 Å². The summed E-state index contributed by atoms with van der Waals surface area (Å²) in [4.78, 5) is 8.93. The Bertz CT molecular complexity index is 829. The Labute approximate surface area is 129 Å². The Balaban J connectivity index is 1.87. The quantitative estimate of drug-likeness (QED) is 0.787. The van der Waals surface area contributed by atoms with Crippen molar-refractivity contribution in [2.75, 3.05) is 5.32 Å². The summed E-state index contributed by atoms with van der Waals surface area (Å²) in [5.41, 5.74) is 6.04. The van der Waals surface area contributed by atoms with Crippen LogP contribution in [0.25, 0.3) is 5.78 Å². The van der Waals surface area contributed by atoms with Gasteiger partial charge in [-0.1, -0.05) is 6.07 Å². The van der Waals surface area contributed by atoms with Crippen molar-refractivity contribution in [2.45, 2.75) is 39.5 Å². The minimum absolute atomic E-state index is 0.674. The van der Waals surface area contributed by atoms with Crippen LogP contribution in [0.4, 0.5) is 11.5 Å². The van der Waals surface area contributed by atoms with Crippen LogP contribution in [0.3, 0.4) is 0 Å². The van der Waals surface area contributed by atoms with Crippen LogP contribution in [0.2, 0.25) is 0 Å². The Hall–Kier alpha value is -2.43. The normalized spacial score (nSPS) is 14.1. The molecule has 0 bridgehead atoms. The number of nitrogens with zero attached hydrogens (tertiary/aromatic N) is 4. The van der Waals surface area contributed by atoms with Crippen molar-refractivity contribution in [3.8, 4) is 0 Å². The predicted octanol–water partition coefficient (Wildman–Crippen LogP) is 3.36. The molecule has 0 saturated heterocycles. The summed E-state index contributed by atoms with van der Waals surface area (Å²) in [6.45, 7) is 4.23. The molecule has 2 aromatic heterocycles. The van der Waals surface area contributed by atoms with Crippen molar-refractivity contribution in [3.63, 3.8) is 0 Å². The van der Waals surface area contributed by atoms with Gasteiger partial charge in [0.25, 0.3) is 5.78 Å². The van der Waals surface area contributed by atoms with Gasteiger partial charge >= 0.3 is 0 Å². The summed E-state index contributed by atoms with van der Waals surface area (Å²) in [6.07, 6.45) is 6.05. The van der Waals surface area contributed by atoms with E-state index in [0.717, 1.165) is 24.3 Å². The molecular formula is C17H19N5. The van der Waals surface area contributed by atoms with E-state index in [4.69, 9.17) is 0 Å². The molecule has 1 aliphatic carbocycles. The van der Waals surface area contributed by atoms with Crippen LogP contribution in [0, 0.1) is 13.8 Å². The van der Waals surface area contributed by atoms with E-state index in [1.54, 1.807) is 6.33 Å². The van der Waals surface area contributed by atoms with Crippen molar-refractivity contribution in [3.05, 3.63) is 46.9 Å². The van der Waals surface area contributed by atoms with Crippen molar-refractivity contribution in [2.24, 2.45) is 0 Å². The highest BCUT2D eigenvalue weighted by Gasteiger charge is 2.19. The lowest BCUT2D eigenvalue weighted by molar-refractivity contribution is 0.662. The average Bonchev–Trinajstić information content (AvgIpc) is 2.94. The minimum Gasteiger partial charge on any atom is -0.340 e. The van der Waals surface area contributed by atoms with E-state index in [-0.39, 0.29) is 0 Å². The third-order valence-electron chi connectivity index (χ3n) is 4.19. The lowest BCUT2D eigenvalue weighted by Crippen LogP contribution is -2.13. The highest BCUT2D eigenvalue weighted by atomic mass is 15.4. The fraction of sp³-hybridized carbons (Fsp3) is 0.353. The smallest absolute Gasteiger partial charge is 0.254 e. The van der Waals surface area contributed by atoms with Crippen LogP contribution in [0.5, 0.6) is 0 Å². The fourth-order valence-corrected chi connectivity index (χ4v) is 3.30. The van der Waals surface area contributed by atoms with Gasteiger partial charge in [-0.15, -0.1) is 0 Å². The molecule has 4 rings (SSSR count). The lowest BCUT2D eigenvalue weighted by Gasteiger charge is -2.20. The predicted molar refractivity (Wildman–Crippen MR) is 86.6 cm³/mol. The van der Waals surface area contributed by atoms with Gasteiger partial charge in [-0.05, 0) is 62.8 Å². The Morgan fingerprint density at radius 2 is 1.82 bits per heavy atom. The first kappa shape index (κ1) is 13.2. The number of nitrogens with one attached hydrogen (secondary N) is 1. The highest BCUT2D eigenvalue weighted by molar-refractivity contribution is 5.64. The molecule has 2 heterocycles. The molecule has 1 N–H and O–H groups in total. The van der Waals surface area contributed by atoms with Gasteiger partial charge < -0.3 is 5.32 Å². The molecule has 0 aliphatic heterocycles. The molecule has 5 heteroatoms. The number of aryl methyl sites for hydroxylation is 3. The second kappa shape index (κ2) is 5.09. The van der Waals surface area contributed by atoms with E-state index in [9.17, 15) is 0 Å². The largest absolute Gasteiger partial charge is 0.340 e. The molecule has 3 aromatic rings. The Kier molecular flexibility index (Phi) is 3.06. The maximum Gasteiger partial charge on any atom is 0.254 e. The molecule has 112 valence electrons. The monoisotopic (exact) mass is 293 g/mol. The van der Waals surface area contributed by atoms with Gasteiger partial charge in [0.1, 0.15) is 12.1 Å². The zero-order valence-electron chi connectivity index (χ0n) is 12.9. The molecule has 0 spiro atoms. The zero-order chi connectivity index (χ0) is 15.1. The van der Waals surface area contributed by atoms with Gasteiger partial charge in [0.2, 0.25) is 0 Å². The molecule has 22 heavy (non-hydrogen) atoms. The molecular weight excluding hydrogens is 274 g/mol. The maximum atomic E-state index is 4.66. The molecule has 0 radical (unpaired) electrons. The summed E-state index contributed by atoms with van der Waals surface area (Å²) < 4.78 is 1.82. The minimum atomic E-state index is 0.674. The number of anilines is 2. The highest BCUT2D eigenvalue weighted by Crippen LogP contribution is 2.29. The van der Waals surface area contributed by atoms with Gasteiger partial charge in [-0.3, -0.25) is 0 Å². The first-order valence-electron chi connectivity index (χ1n) is 7.77. The standard InChI is InChI=1S/C17H19N5/c1-11-7-12(2)9-13(8-11)20-16-14-5-3-4-6-15(14)21-17-18-10-19-22(16)17/h7-10,20H,3-6H2,1-2H3. The molecule has 0 atom stereocenters. The van der Waals surface area contributed by atoms with E-state index in [2.05, 4.69) is 52.4 Å². The van der Waals surface area contributed by atoms with Crippen molar-refractivity contribution < 1.29 is 0 Å². The first-order valence-corrected chi connectivity index (χ1v) is 7.77. The Morgan fingerprint density at radius 3 is 2.64 bits per heavy atom. The van der Waals surface area contributed by atoms with Crippen molar-refractivity contribution >= 4 is 17.3 Å². The van der Waals surface area contributed by atoms with Crippen LogP contribution in [0.15, 0.2) is 24.5 Å². The summed E-state index contributed by atoms with van der Waals surface area (Å²) in [7, 11) is 0. The van der Waals surface area contributed by atoms with E-state index < -0.39 is 0 Å². The molecule has 0 amide bonds. The summed E-state index contributed by atoms with van der Waals surface area (Å²) >= 11 is 0. The molecule has 0 saturated carbocycles. The molecule has 5 nitrogen and oxygen atoms in total. The van der Waals surface area contributed by atoms with Gasteiger partial charge in [0, 0.05) is 11.3 Å². The van der Waals surface area contributed by atoms with E-state index >= 15 is 0 Å². The molecule has 0 fully saturated rings. The summed E-state index contributed by atoms with van der Waals surface area (Å²) in [5.74, 6) is 1.69. The second-order valence-electron chi connectivity index (χ2n) is 6.07. The molecule has 0 unspecified atom stereocenters. The third kappa shape index (κ3) is 2.22. The summed E-state index contributed by atoms with van der Waals surface area (Å²) in [6, 6.07) is 6.50. The van der Waals surface area contributed by atoms with Crippen LogP contribution in [0.1, 0.15) is 35.2 Å². The maximum absolute atomic E-state index is 4.66. The zero-order valence-corrected chi connectivity index (χ0v) is 12.9. The fourth-order valence-electron chi connectivity index (χ4n) is 3.30. The number of rotatable bonds is 2. The average molecular weight is 293 g/mol. The van der Waals surface area contributed by atoms with Gasteiger partial charge in [0.05, 0.1) is 5.69 Å². The SMILES string of the molecule is Cc1cc(C)cc(Nc2c3c(nc4ncnn24)CCCC3)c1. The Morgan fingerprint density at radius 1 is 1.05 bits per heavy atom. The number of fused-ring (bicyclic) bond motifs is 2. The first-order chi connectivity index (χ1) is 10.7. The van der Waals surface area contributed by atoms with Crippen LogP contribution in [-0.4, -0.2) is 19.6 Å². The van der Waals surface area contributed by atoms with E-state index in [1.807, 2.05) is 4.52 Å². The van der Waals surface area contributed by atoms with Gasteiger partial charge in [-0.25, -0.2) is 4.98 Å². The van der Waals surface area contributed by atoms with Crippen LogP contribution >= 0.6 is 0 Å². The van der Waals surface area contributed by atoms with Gasteiger partial charge in [0.15, 0.2) is 0 Å². The van der Waals surface area contributed by atoms with Crippen molar-refractivity contribution in [1.82, 2.24) is 19.6 Å². The molecule has 1 aliphatic rings. The molecule has 1 aromatic carbocycles. The van der Waals surface area contributed by atoms with Crippen molar-refractivity contribution in [1.29, 1.82) is 0 Å². The van der Waals surface area contributed by atoms with E-state index in [0.29, 0.717) is 5.78 Å². The van der Waals surface area contributed by atoms with E-state index in [1.165, 1.54) is 35.2 Å². The third-order valence-corrected chi connectivity index (χ3v) is 4.19. The number of hydrogen-bond acceptors (Lipinski definition) is 4. The number of aromatic nitrogens is 4. The second-order valence-corrected chi connectivity index (χ2v) is 6.07. The number of hydrogen-bond donors (Lipinski definition) is 1. The summed E-state index contributed by atoms with van der Waals surface area (Å²) in [5, 5.41) is 7.91. The van der Waals surface area contributed by atoms with Gasteiger partial charge in [-0.2, -0.15) is 14.6 Å². The lowest BCUT2D eigenvalue weighted by atomic mass is 9.96. The number of benzene rings is 1. The van der Waals surface area contributed by atoms with Crippen LogP contribution in [-0.2, 0) is 12.8 Å². The topological polar surface area (TPSA) is 55.1 Å².